The smallest absolute Gasteiger partial charge is 0.0690 e. The van der Waals surface area contributed by atoms with E-state index in [0.717, 1.165) is 25.0 Å². The van der Waals surface area contributed by atoms with Crippen molar-refractivity contribution in [3.05, 3.63) is 12.2 Å². The monoisotopic (exact) mass is 213 g/mol. The molecule has 3 nitrogen and oxygen atoms in total. The van der Waals surface area contributed by atoms with Crippen LogP contribution in [0.3, 0.4) is 0 Å². The standard InChI is InChI=1S/C12H23NO2/c1-9(7-13-4)8-14-12-5-10(2)15-11(3)6-12/h10-13H,1,5-8H2,2-4H3. The van der Waals surface area contributed by atoms with E-state index in [1.165, 1.54) is 0 Å². The first-order valence-electron chi connectivity index (χ1n) is 5.70. The van der Waals surface area contributed by atoms with E-state index in [4.69, 9.17) is 9.47 Å². The quantitative estimate of drug-likeness (QED) is 0.706. The van der Waals surface area contributed by atoms with Crippen molar-refractivity contribution in [1.82, 2.24) is 5.32 Å². The summed E-state index contributed by atoms with van der Waals surface area (Å²) in [4.78, 5) is 0. The summed E-state index contributed by atoms with van der Waals surface area (Å²) < 4.78 is 11.5. The molecule has 1 N–H and O–H groups in total. The highest BCUT2D eigenvalue weighted by Gasteiger charge is 2.24. The number of ether oxygens (including phenoxy) is 2. The third kappa shape index (κ3) is 4.78. The van der Waals surface area contributed by atoms with Crippen molar-refractivity contribution in [3.8, 4) is 0 Å². The van der Waals surface area contributed by atoms with Crippen LogP contribution in [0.2, 0.25) is 0 Å². The Hall–Kier alpha value is -0.380. The molecule has 0 radical (unpaired) electrons. The van der Waals surface area contributed by atoms with Gasteiger partial charge in [-0.25, -0.2) is 0 Å². The Morgan fingerprint density at radius 1 is 1.40 bits per heavy atom. The molecular formula is C12H23NO2. The number of nitrogens with one attached hydrogen (secondary N) is 1. The average Bonchev–Trinajstić information content (AvgIpc) is 2.14. The minimum atomic E-state index is 0.316. The molecule has 0 amide bonds. The minimum absolute atomic E-state index is 0.316. The van der Waals surface area contributed by atoms with Gasteiger partial charge in [-0.2, -0.15) is 0 Å². The van der Waals surface area contributed by atoms with Crippen LogP contribution in [-0.4, -0.2) is 38.5 Å². The molecule has 2 atom stereocenters. The fraction of sp³-hybridized carbons (Fsp3) is 0.833. The maximum Gasteiger partial charge on any atom is 0.0690 e. The van der Waals surface area contributed by atoms with Gasteiger partial charge in [-0.1, -0.05) is 6.58 Å². The van der Waals surface area contributed by atoms with E-state index in [1.807, 2.05) is 7.05 Å². The van der Waals surface area contributed by atoms with Crippen LogP contribution in [0, 0.1) is 0 Å². The van der Waals surface area contributed by atoms with Crippen LogP contribution in [0.1, 0.15) is 26.7 Å². The van der Waals surface area contributed by atoms with E-state index in [-0.39, 0.29) is 0 Å². The molecule has 1 rings (SSSR count). The molecule has 88 valence electrons. The molecule has 0 saturated carbocycles. The third-order valence-corrected chi connectivity index (χ3v) is 2.60. The van der Waals surface area contributed by atoms with E-state index in [0.29, 0.717) is 24.9 Å². The summed E-state index contributed by atoms with van der Waals surface area (Å²) in [7, 11) is 1.92. The highest BCUT2D eigenvalue weighted by atomic mass is 16.5. The predicted molar refractivity (Wildman–Crippen MR) is 62.0 cm³/mol. The molecule has 0 aromatic heterocycles. The summed E-state index contributed by atoms with van der Waals surface area (Å²) in [6.07, 6.45) is 2.96. The van der Waals surface area contributed by atoms with Gasteiger partial charge in [0.15, 0.2) is 0 Å². The van der Waals surface area contributed by atoms with Gasteiger partial charge in [-0.05, 0) is 39.3 Å². The van der Waals surface area contributed by atoms with Crippen LogP contribution in [-0.2, 0) is 9.47 Å². The van der Waals surface area contributed by atoms with Crippen molar-refractivity contribution < 1.29 is 9.47 Å². The van der Waals surface area contributed by atoms with Crippen LogP contribution >= 0.6 is 0 Å². The zero-order valence-electron chi connectivity index (χ0n) is 10.1. The Morgan fingerprint density at radius 3 is 2.53 bits per heavy atom. The molecule has 1 saturated heterocycles. The van der Waals surface area contributed by atoms with Crippen molar-refractivity contribution in [2.75, 3.05) is 20.2 Å². The highest BCUT2D eigenvalue weighted by molar-refractivity contribution is 4.96. The normalized spacial score (nSPS) is 31.5. The molecule has 15 heavy (non-hydrogen) atoms. The molecule has 0 bridgehead atoms. The van der Waals surface area contributed by atoms with Crippen LogP contribution in [0.15, 0.2) is 12.2 Å². The zero-order valence-corrected chi connectivity index (χ0v) is 10.1. The van der Waals surface area contributed by atoms with E-state index in [1.54, 1.807) is 0 Å². The Bertz CT molecular complexity index is 196. The van der Waals surface area contributed by atoms with Crippen LogP contribution in [0.5, 0.6) is 0 Å². The molecule has 1 heterocycles. The van der Waals surface area contributed by atoms with Gasteiger partial charge < -0.3 is 14.8 Å². The zero-order chi connectivity index (χ0) is 11.3. The molecule has 0 aliphatic carbocycles. The first kappa shape index (κ1) is 12.7. The Morgan fingerprint density at radius 2 is 2.00 bits per heavy atom. The molecular weight excluding hydrogens is 190 g/mol. The fourth-order valence-electron chi connectivity index (χ4n) is 2.02. The van der Waals surface area contributed by atoms with Crippen molar-refractivity contribution in [1.29, 1.82) is 0 Å². The predicted octanol–water partition coefficient (Wildman–Crippen LogP) is 1.73. The average molecular weight is 213 g/mol. The topological polar surface area (TPSA) is 30.5 Å². The molecule has 0 aromatic rings. The molecule has 0 spiro atoms. The molecule has 2 unspecified atom stereocenters. The second-order valence-corrected chi connectivity index (χ2v) is 4.44. The van der Waals surface area contributed by atoms with Crippen LogP contribution < -0.4 is 5.32 Å². The van der Waals surface area contributed by atoms with Gasteiger partial charge >= 0.3 is 0 Å². The van der Waals surface area contributed by atoms with Gasteiger partial charge in [0.1, 0.15) is 0 Å². The summed E-state index contributed by atoms with van der Waals surface area (Å²) in [5.74, 6) is 0. The summed E-state index contributed by atoms with van der Waals surface area (Å²) in [5.41, 5.74) is 1.10. The summed E-state index contributed by atoms with van der Waals surface area (Å²) in [5, 5.41) is 3.07. The van der Waals surface area contributed by atoms with Gasteiger partial charge in [0.2, 0.25) is 0 Å². The first-order valence-corrected chi connectivity index (χ1v) is 5.70. The Labute approximate surface area is 92.8 Å². The lowest BCUT2D eigenvalue weighted by atomic mass is 10.0. The number of likely N-dealkylation sites (N-methyl/N-ethyl adjacent to an activating group) is 1. The highest BCUT2D eigenvalue weighted by Crippen LogP contribution is 2.21. The number of hydrogen-bond donors (Lipinski definition) is 1. The largest absolute Gasteiger partial charge is 0.375 e. The lowest BCUT2D eigenvalue weighted by Gasteiger charge is -2.32. The SMILES string of the molecule is C=C(CNC)COC1CC(C)OC(C)C1. The van der Waals surface area contributed by atoms with Gasteiger partial charge in [0.25, 0.3) is 0 Å². The maximum absolute atomic E-state index is 5.82. The van der Waals surface area contributed by atoms with E-state index in [2.05, 4.69) is 25.7 Å². The molecule has 1 aliphatic rings. The first-order chi connectivity index (χ1) is 7.11. The fourth-order valence-corrected chi connectivity index (χ4v) is 2.02. The lowest BCUT2D eigenvalue weighted by Crippen LogP contribution is -2.34. The van der Waals surface area contributed by atoms with Gasteiger partial charge in [-0.3, -0.25) is 0 Å². The summed E-state index contributed by atoms with van der Waals surface area (Å²) >= 11 is 0. The van der Waals surface area contributed by atoms with Gasteiger partial charge in [-0.15, -0.1) is 0 Å². The lowest BCUT2D eigenvalue weighted by molar-refractivity contribution is -0.0978. The Kier molecular flexibility index (Phi) is 5.29. The van der Waals surface area contributed by atoms with Gasteiger partial charge in [0, 0.05) is 6.54 Å². The third-order valence-electron chi connectivity index (χ3n) is 2.60. The molecule has 0 aromatic carbocycles. The van der Waals surface area contributed by atoms with Gasteiger partial charge in [0.05, 0.1) is 24.9 Å². The molecule has 1 aliphatic heterocycles. The second kappa shape index (κ2) is 6.26. The van der Waals surface area contributed by atoms with Crippen molar-refractivity contribution in [2.24, 2.45) is 0 Å². The van der Waals surface area contributed by atoms with Crippen molar-refractivity contribution >= 4 is 0 Å². The van der Waals surface area contributed by atoms with E-state index < -0.39 is 0 Å². The van der Waals surface area contributed by atoms with Crippen LogP contribution in [0.25, 0.3) is 0 Å². The molecule has 3 heteroatoms. The number of hydrogen-bond acceptors (Lipinski definition) is 3. The van der Waals surface area contributed by atoms with E-state index in [9.17, 15) is 0 Å². The molecule has 1 fully saturated rings. The summed E-state index contributed by atoms with van der Waals surface area (Å²) in [6, 6.07) is 0. The minimum Gasteiger partial charge on any atom is -0.375 e. The van der Waals surface area contributed by atoms with Crippen LogP contribution in [0.4, 0.5) is 0 Å². The van der Waals surface area contributed by atoms with Crippen molar-refractivity contribution in [2.45, 2.75) is 45.0 Å². The second-order valence-electron chi connectivity index (χ2n) is 4.44. The number of rotatable bonds is 5. The maximum atomic E-state index is 5.82. The van der Waals surface area contributed by atoms with Crippen molar-refractivity contribution in [3.63, 3.8) is 0 Å². The Balaban J connectivity index is 2.23. The summed E-state index contributed by atoms with van der Waals surface area (Å²) in [6.45, 7) is 9.64. The van der Waals surface area contributed by atoms with E-state index >= 15 is 0 Å².